The summed E-state index contributed by atoms with van der Waals surface area (Å²) in [5.41, 5.74) is -0.0755. The first kappa shape index (κ1) is 59.4. The number of nitrogens with one attached hydrogen (secondary N) is 6. The quantitative estimate of drug-likeness (QED) is 0.0308. The predicted molar refractivity (Wildman–Crippen MR) is 266 cm³/mol. The third-order valence-corrected chi connectivity index (χ3v) is 11.0. The molecule has 0 unspecified atom stereocenters. The Hall–Kier alpha value is -5.71. The fourth-order valence-electron chi connectivity index (χ4n) is 7.06. The maximum absolute atomic E-state index is 13.7. The molecule has 6 atom stereocenters. The van der Waals surface area contributed by atoms with Gasteiger partial charge in [-0.3, -0.25) is 24.0 Å². The van der Waals surface area contributed by atoms with Gasteiger partial charge in [0.25, 0.3) is 11.8 Å². The number of ether oxygens (including phenoxy) is 3. The molecule has 0 saturated carbocycles. The Morgan fingerprint density at radius 2 is 1.20 bits per heavy atom. The average molecular weight is 967 g/mol. The van der Waals surface area contributed by atoms with Crippen molar-refractivity contribution in [3.63, 3.8) is 0 Å². The van der Waals surface area contributed by atoms with E-state index in [1.165, 1.54) is 0 Å². The summed E-state index contributed by atoms with van der Waals surface area (Å²) in [5.74, 6) is -2.11. The number of rotatable bonds is 30. The number of carbonyl (C=O) groups is 7. The molecule has 0 aromatic heterocycles. The number of aliphatic hydroxyl groups excluding tert-OH is 1. The molecule has 6 amide bonds. The summed E-state index contributed by atoms with van der Waals surface area (Å²) in [6.07, 6.45) is 3.17. The number of amides is 6. The van der Waals surface area contributed by atoms with Gasteiger partial charge in [0.2, 0.25) is 17.7 Å². The summed E-state index contributed by atoms with van der Waals surface area (Å²) < 4.78 is 16.6. The molecule has 0 aliphatic heterocycles. The minimum atomic E-state index is -1.11. The number of unbranched alkanes of at least 4 members (excludes halogenated alkanes) is 2. The molecule has 7 N–H and O–H groups in total. The minimum absolute atomic E-state index is 0.0218. The summed E-state index contributed by atoms with van der Waals surface area (Å²) in [6, 6.07) is 9.14. The Kier molecular flexibility index (Phi) is 26.4. The summed E-state index contributed by atoms with van der Waals surface area (Å²) in [4.78, 5) is 91.8. The monoisotopic (exact) mass is 967 g/mol. The van der Waals surface area contributed by atoms with Crippen molar-refractivity contribution in [2.75, 3.05) is 19.7 Å². The second-order valence-corrected chi connectivity index (χ2v) is 19.5. The van der Waals surface area contributed by atoms with Gasteiger partial charge < -0.3 is 51.2 Å². The fraction of sp³-hybridized carbons (Fsp3) is 0.635. The lowest BCUT2D eigenvalue weighted by molar-refractivity contribution is -0.148. The van der Waals surface area contributed by atoms with E-state index in [-0.39, 0.29) is 54.2 Å². The Morgan fingerprint density at radius 3 is 1.72 bits per heavy atom. The molecule has 0 bridgehead atoms. The van der Waals surface area contributed by atoms with Crippen LogP contribution in [0.1, 0.15) is 161 Å². The van der Waals surface area contributed by atoms with Crippen LogP contribution in [-0.4, -0.2) is 102 Å². The number of carbonyl (C=O) groups excluding carboxylic acids is 7. The second kappa shape index (κ2) is 30.7. The van der Waals surface area contributed by atoms with Crippen LogP contribution in [0.4, 0.5) is 4.79 Å². The molecule has 0 radical (unpaired) electrons. The van der Waals surface area contributed by atoms with Crippen LogP contribution in [0.5, 0.6) is 11.5 Å². The van der Waals surface area contributed by atoms with E-state index in [2.05, 4.69) is 31.9 Å². The van der Waals surface area contributed by atoms with E-state index in [4.69, 9.17) is 14.2 Å². The zero-order valence-electron chi connectivity index (χ0n) is 43.0. The van der Waals surface area contributed by atoms with Gasteiger partial charge >= 0.3 is 12.1 Å². The number of aliphatic hydroxyl groups is 1. The highest BCUT2D eigenvalue weighted by atomic mass is 16.6. The third kappa shape index (κ3) is 23.4. The van der Waals surface area contributed by atoms with Crippen molar-refractivity contribution in [1.29, 1.82) is 0 Å². The van der Waals surface area contributed by atoms with Gasteiger partial charge in [-0.2, -0.15) is 0 Å². The topological polar surface area (TPSA) is 240 Å². The molecular formula is C52H82N6O11. The fourth-order valence-corrected chi connectivity index (χ4v) is 7.06. The number of hydrogen-bond acceptors (Lipinski definition) is 11. The van der Waals surface area contributed by atoms with E-state index >= 15 is 0 Å². The van der Waals surface area contributed by atoms with Gasteiger partial charge in [0, 0.05) is 24.2 Å². The molecule has 69 heavy (non-hydrogen) atoms. The Morgan fingerprint density at radius 1 is 0.638 bits per heavy atom. The highest BCUT2D eigenvalue weighted by Gasteiger charge is 2.32. The van der Waals surface area contributed by atoms with Gasteiger partial charge in [-0.15, -0.1) is 0 Å². The molecule has 0 fully saturated rings. The van der Waals surface area contributed by atoms with Crippen LogP contribution < -0.4 is 36.6 Å². The molecule has 0 spiro atoms. The van der Waals surface area contributed by atoms with Crippen molar-refractivity contribution in [3.05, 3.63) is 59.7 Å². The summed E-state index contributed by atoms with van der Waals surface area (Å²) in [5, 5.41) is 27.9. The van der Waals surface area contributed by atoms with Crippen LogP contribution in [-0.2, 0) is 28.7 Å². The number of esters is 1. The molecule has 386 valence electrons. The zero-order chi connectivity index (χ0) is 51.7. The summed E-state index contributed by atoms with van der Waals surface area (Å²) >= 11 is 0. The second-order valence-electron chi connectivity index (χ2n) is 19.5. The van der Waals surface area contributed by atoms with Crippen molar-refractivity contribution in [1.82, 2.24) is 31.9 Å². The zero-order valence-corrected chi connectivity index (χ0v) is 43.0. The first-order valence-corrected chi connectivity index (χ1v) is 24.8. The largest absolute Gasteiger partial charge is 0.464 e. The van der Waals surface area contributed by atoms with Crippen LogP contribution in [0.15, 0.2) is 48.5 Å². The number of hydrogen-bond donors (Lipinski definition) is 7. The standard InChI is InChI=1S/C52H82N6O11/c1-12-15-27-53-44(60)32-43(59)41(30-33(4)5)56-49(64)45(35(8)14-3)58-47(62)37-21-25-39(26-22-37)68-38-23-19-36(20-24-38)46(61)57-42(31-34(6)7)48(63)55-40(50(65)67-29-13-2)18-16-17-28-54-51(66)69-52(9,10)11/h19-26,33-35,40-43,45,59H,12-18,27-32H2,1-11H3,(H,53,60)(H,54,66)(H,55,63)(H,56,64)(H,57,61)(H,58,62)/t35-,40-,41-,42-,43-,45-/m0/s1. The van der Waals surface area contributed by atoms with Crippen LogP contribution in [0, 0.1) is 17.8 Å². The molecule has 0 aliphatic rings. The Labute approximate surface area is 410 Å². The third-order valence-electron chi connectivity index (χ3n) is 11.0. The van der Waals surface area contributed by atoms with Crippen molar-refractivity contribution in [2.45, 2.75) is 176 Å². The number of alkyl carbamates (subject to hydrolysis) is 1. The van der Waals surface area contributed by atoms with Crippen molar-refractivity contribution in [2.24, 2.45) is 17.8 Å². The van der Waals surface area contributed by atoms with Gasteiger partial charge in [0.05, 0.1) is 25.2 Å². The highest BCUT2D eigenvalue weighted by molar-refractivity contribution is 5.99. The molecular weight excluding hydrogens is 885 g/mol. The lowest BCUT2D eigenvalue weighted by Gasteiger charge is -2.30. The van der Waals surface area contributed by atoms with E-state index in [9.17, 15) is 38.7 Å². The van der Waals surface area contributed by atoms with E-state index in [0.29, 0.717) is 63.1 Å². The molecule has 0 heterocycles. The molecule has 2 aromatic carbocycles. The maximum Gasteiger partial charge on any atom is 0.407 e. The lowest BCUT2D eigenvalue weighted by atomic mass is 9.94. The average Bonchev–Trinajstić information content (AvgIpc) is 3.28. The summed E-state index contributed by atoms with van der Waals surface area (Å²) in [7, 11) is 0. The highest BCUT2D eigenvalue weighted by Crippen LogP contribution is 2.23. The van der Waals surface area contributed by atoms with Gasteiger partial charge in [0.15, 0.2) is 0 Å². The summed E-state index contributed by atoms with van der Waals surface area (Å²) in [6.45, 7) is 21.8. The molecule has 2 aromatic rings. The first-order chi connectivity index (χ1) is 32.6. The predicted octanol–water partition coefficient (Wildman–Crippen LogP) is 7.10. The van der Waals surface area contributed by atoms with Crippen LogP contribution >= 0.6 is 0 Å². The van der Waals surface area contributed by atoms with Crippen LogP contribution in [0.25, 0.3) is 0 Å². The van der Waals surface area contributed by atoms with E-state index in [1.54, 1.807) is 69.3 Å². The van der Waals surface area contributed by atoms with Gasteiger partial charge in [-0.1, -0.05) is 68.2 Å². The van der Waals surface area contributed by atoms with Crippen LogP contribution in [0.3, 0.4) is 0 Å². The van der Waals surface area contributed by atoms with Crippen LogP contribution in [0.2, 0.25) is 0 Å². The first-order valence-electron chi connectivity index (χ1n) is 24.8. The SMILES string of the molecule is CCCCNC(=O)C[C@H](O)[C@H](CC(C)C)NC(=O)[C@@H](NC(=O)c1ccc(Oc2ccc(C(=O)N[C@@H](CC(C)C)C(=O)N[C@@H](CCCCNC(=O)OC(C)(C)C)C(=O)OCCC)cc2)cc1)[C@@H](C)CC. The smallest absolute Gasteiger partial charge is 0.407 e. The molecule has 0 aliphatic carbocycles. The molecule has 17 nitrogen and oxygen atoms in total. The maximum atomic E-state index is 13.7. The van der Waals surface area contributed by atoms with Crippen molar-refractivity contribution in [3.8, 4) is 11.5 Å². The normalized spacial score (nSPS) is 14.0. The lowest BCUT2D eigenvalue weighted by Crippen LogP contribution is -2.55. The van der Waals surface area contributed by atoms with Gasteiger partial charge in [-0.25, -0.2) is 9.59 Å². The van der Waals surface area contributed by atoms with Gasteiger partial charge in [-0.05, 0) is 132 Å². The van der Waals surface area contributed by atoms with Gasteiger partial charge in [0.1, 0.15) is 35.2 Å². The minimum Gasteiger partial charge on any atom is -0.464 e. The van der Waals surface area contributed by atoms with E-state index in [1.807, 2.05) is 55.4 Å². The van der Waals surface area contributed by atoms with Crippen molar-refractivity contribution < 1.29 is 52.9 Å². The Bertz CT molecular complexity index is 1920. The number of benzene rings is 2. The molecule has 17 heteroatoms. The van der Waals surface area contributed by atoms with E-state index in [0.717, 1.165) is 12.8 Å². The van der Waals surface area contributed by atoms with Crippen molar-refractivity contribution >= 4 is 41.6 Å². The van der Waals surface area contributed by atoms with E-state index < -0.39 is 71.6 Å². The Balaban J connectivity index is 2.09. The molecule has 0 saturated heterocycles. The molecule has 2 rings (SSSR count).